The molecule has 3 rings (SSSR count). The minimum Gasteiger partial charge on any atom is -0.378 e. The van der Waals surface area contributed by atoms with Gasteiger partial charge in [0.25, 0.3) is 5.91 Å². The highest BCUT2D eigenvalue weighted by Gasteiger charge is 2.25. The summed E-state index contributed by atoms with van der Waals surface area (Å²) >= 11 is 0. The standard InChI is InChI=1S/C20H28N2O3/c1-16-4-2-3-5-18(16)20(24)22-10-8-17(9-11-22)6-7-19(23)21-12-14-25-15-13-21/h2-5,17H,6-15H2,1H3. The van der Waals surface area contributed by atoms with E-state index in [1.807, 2.05) is 41.0 Å². The average molecular weight is 344 g/mol. The Hall–Kier alpha value is -1.88. The van der Waals surface area contributed by atoms with Crippen molar-refractivity contribution in [2.45, 2.75) is 32.6 Å². The first-order valence-electron chi connectivity index (χ1n) is 9.35. The maximum atomic E-state index is 12.7. The van der Waals surface area contributed by atoms with Gasteiger partial charge in [-0.2, -0.15) is 0 Å². The topological polar surface area (TPSA) is 49.9 Å². The number of hydrogen-bond donors (Lipinski definition) is 0. The molecule has 2 aliphatic heterocycles. The SMILES string of the molecule is Cc1ccccc1C(=O)N1CCC(CCC(=O)N2CCOCC2)CC1. The van der Waals surface area contributed by atoms with Gasteiger partial charge in [-0.25, -0.2) is 0 Å². The van der Waals surface area contributed by atoms with Crippen LogP contribution >= 0.6 is 0 Å². The normalized spacial score (nSPS) is 19.1. The number of carbonyl (C=O) groups excluding carboxylic acids is 2. The Labute approximate surface area is 149 Å². The predicted octanol–water partition coefficient (Wildman–Crippen LogP) is 2.49. The molecule has 5 nitrogen and oxygen atoms in total. The molecule has 5 heteroatoms. The van der Waals surface area contributed by atoms with E-state index in [2.05, 4.69) is 0 Å². The van der Waals surface area contributed by atoms with Crippen molar-refractivity contribution in [3.05, 3.63) is 35.4 Å². The molecular weight excluding hydrogens is 316 g/mol. The number of amides is 2. The zero-order valence-electron chi connectivity index (χ0n) is 15.1. The lowest BCUT2D eigenvalue weighted by Crippen LogP contribution is -2.41. The highest BCUT2D eigenvalue weighted by Crippen LogP contribution is 2.24. The zero-order valence-corrected chi connectivity index (χ0v) is 15.1. The Balaban J connectivity index is 1.43. The molecule has 0 bridgehead atoms. The Morgan fingerprint density at radius 1 is 1.04 bits per heavy atom. The second-order valence-corrected chi connectivity index (χ2v) is 7.08. The zero-order chi connectivity index (χ0) is 17.6. The van der Waals surface area contributed by atoms with Crippen molar-refractivity contribution in [1.82, 2.24) is 9.80 Å². The molecular formula is C20H28N2O3. The molecule has 2 heterocycles. The van der Waals surface area contributed by atoms with E-state index in [1.165, 1.54) is 0 Å². The fourth-order valence-electron chi connectivity index (χ4n) is 3.71. The highest BCUT2D eigenvalue weighted by molar-refractivity contribution is 5.95. The molecule has 2 aliphatic rings. The molecule has 0 atom stereocenters. The summed E-state index contributed by atoms with van der Waals surface area (Å²) in [7, 11) is 0. The summed E-state index contributed by atoms with van der Waals surface area (Å²) in [6.07, 6.45) is 3.54. The molecule has 0 radical (unpaired) electrons. The van der Waals surface area contributed by atoms with Gasteiger partial charge < -0.3 is 14.5 Å². The summed E-state index contributed by atoms with van der Waals surface area (Å²) in [5, 5.41) is 0. The number of likely N-dealkylation sites (tertiary alicyclic amines) is 1. The maximum Gasteiger partial charge on any atom is 0.254 e. The number of nitrogens with zero attached hydrogens (tertiary/aromatic N) is 2. The van der Waals surface area contributed by atoms with Gasteiger partial charge in [-0.05, 0) is 43.7 Å². The molecule has 2 amide bonds. The van der Waals surface area contributed by atoms with E-state index in [4.69, 9.17) is 4.74 Å². The van der Waals surface area contributed by atoms with Gasteiger partial charge in [0.15, 0.2) is 0 Å². The van der Waals surface area contributed by atoms with Crippen LogP contribution in [0, 0.1) is 12.8 Å². The highest BCUT2D eigenvalue weighted by atomic mass is 16.5. The molecule has 0 spiro atoms. The molecule has 25 heavy (non-hydrogen) atoms. The van der Waals surface area contributed by atoms with Crippen LogP contribution in [0.25, 0.3) is 0 Å². The summed E-state index contributed by atoms with van der Waals surface area (Å²) in [5.41, 5.74) is 1.84. The number of carbonyl (C=O) groups is 2. The molecule has 0 aliphatic carbocycles. The number of piperidine rings is 1. The van der Waals surface area contributed by atoms with Crippen LogP contribution in [-0.4, -0.2) is 61.0 Å². The molecule has 1 aromatic rings. The predicted molar refractivity (Wildman–Crippen MR) is 96.4 cm³/mol. The van der Waals surface area contributed by atoms with Crippen molar-refractivity contribution in [3.8, 4) is 0 Å². The first-order valence-corrected chi connectivity index (χ1v) is 9.35. The van der Waals surface area contributed by atoms with E-state index in [9.17, 15) is 9.59 Å². The van der Waals surface area contributed by atoms with E-state index in [0.717, 1.165) is 56.6 Å². The number of benzene rings is 1. The number of aryl methyl sites for hydroxylation is 1. The first kappa shape index (κ1) is 17.9. The summed E-state index contributed by atoms with van der Waals surface area (Å²) in [6, 6.07) is 7.77. The van der Waals surface area contributed by atoms with Crippen molar-refractivity contribution >= 4 is 11.8 Å². The van der Waals surface area contributed by atoms with Gasteiger partial charge in [-0.3, -0.25) is 9.59 Å². The van der Waals surface area contributed by atoms with Crippen LogP contribution < -0.4 is 0 Å². The van der Waals surface area contributed by atoms with Crippen molar-refractivity contribution in [2.24, 2.45) is 5.92 Å². The van der Waals surface area contributed by atoms with Crippen LogP contribution in [0.3, 0.4) is 0 Å². The van der Waals surface area contributed by atoms with Crippen LogP contribution in [0.4, 0.5) is 0 Å². The van der Waals surface area contributed by atoms with Crippen molar-refractivity contribution in [3.63, 3.8) is 0 Å². The lowest BCUT2D eigenvalue weighted by molar-refractivity contribution is -0.135. The Morgan fingerprint density at radius 2 is 1.72 bits per heavy atom. The second-order valence-electron chi connectivity index (χ2n) is 7.08. The van der Waals surface area contributed by atoms with Gasteiger partial charge in [0, 0.05) is 38.2 Å². The van der Waals surface area contributed by atoms with Gasteiger partial charge in [-0.15, -0.1) is 0 Å². The van der Waals surface area contributed by atoms with E-state index in [1.54, 1.807) is 0 Å². The third-order valence-corrected chi connectivity index (χ3v) is 5.41. The van der Waals surface area contributed by atoms with Crippen molar-refractivity contribution in [1.29, 1.82) is 0 Å². The first-order chi connectivity index (χ1) is 12.1. The largest absolute Gasteiger partial charge is 0.378 e. The molecule has 0 aromatic heterocycles. The number of ether oxygens (including phenoxy) is 1. The van der Waals surface area contributed by atoms with Crippen molar-refractivity contribution in [2.75, 3.05) is 39.4 Å². The van der Waals surface area contributed by atoms with E-state index < -0.39 is 0 Å². The summed E-state index contributed by atoms with van der Waals surface area (Å²) in [4.78, 5) is 28.8. The minimum atomic E-state index is 0.140. The average Bonchev–Trinajstić information content (AvgIpc) is 2.67. The van der Waals surface area contributed by atoms with Gasteiger partial charge in [0.2, 0.25) is 5.91 Å². The van der Waals surface area contributed by atoms with E-state index in [-0.39, 0.29) is 11.8 Å². The summed E-state index contributed by atoms with van der Waals surface area (Å²) in [6.45, 7) is 6.34. The molecule has 1 aromatic carbocycles. The third kappa shape index (κ3) is 4.60. The Bertz CT molecular complexity index is 603. The van der Waals surface area contributed by atoms with Gasteiger partial charge in [0.1, 0.15) is 0 Å². The molecule has 0 N–H and O–H groups in total. The van der Waals surface area contributed by atoms with Crippen LogP contribution in [-0.2, 0) is 9.53 Å². The molecule has 2 fully saturated rings. The van der Waals surface area contributed by atoms with Crippen LogP contribution in [0.5, 0.6) is 0 Å². The molecule has 0 saturated carbocycles. The lowest BCUT2D eigenvalue weighted by atomic mass is 9.91. The van der Waals surface area contributed by atoms with Gasteiger partial charge in [-0.1, -0.05) is 18.2 Å². The minimum absolute atomic E-state index is 0.140. The van der Waals surface area contributed by atoms with Gasteiger partial charge in [0.05, 0.1) is 13.2 Å². The fraction of sp³-hybridized carbons (Fsp3) is 0.600. The number of morpholine rings is 1. The Morgan fingerprint density at radius 3 is 2.40 bits per heavy atom. The van der Waals surface area contributed by atoms with Crippen LogP contribution in [0.2, 0.25) is 0 Å². The maximum absolute atomic E-state index is 12.7. The van der Waals surface area contributed by atoms with E-state index >= 15 is 0 Å². The van der Waals surface area contributed by atoms with E-state index in [0.29, 0.717) is 25.6 Å². The second kappa shape index (κ2) is 8.48. The summed E-state index contributed by atoms with van der Waals surface area (Å²) < 4.78 is 5.29. The molecule has 136 valence electrons. The monoisotopic (exact) mass is 344 g/mol. The van der Waals surface area contributed by atoms with Crippen molar-refractivity contribution < 1.29 is 14.3 Å². The third-order valence-electron chi connectivity index (χ3n) is 5.41. The quantitative estimate of drug-likeness (QED) is 0.843. The summed E-state index contributed by atoms with van der Waals surface area (Å²) in [5.74, 6) is 0.938. The number of hydrogen-bond acceptors (Lipinski definition) is 3. The van der Waals surface area contributed by atoms with Crippen LogP contribution in [0.1, 0.15) is 41.6 Å². The molecule has 2 saturated heterocycles. The van der Waals surface area contributed by atoms with Gasteiger partial charge >= 0.3 is 0 Å². The smallest absolute Gasteiger partial charge is 0.254 e. The fourth-order valence-corrected chi connectivity index (χ4v) is 3.71. The Kier molecular flexibility index (Phi) is 6.08. The number of rotatable bonds is 4. The molecule has 0 unspecified atom stereocenters. The lowest BCUT2D eigenvalue weighted by Gasteiger charge is -2.33. The van der Waals surface area contributed by atoms with Crippen LogP contribution in [0.15, 0.2) is 24.3 Å².